The summed E-state index contributed by atoms with van der Waals surface area (Å²) in [6.45, 7) is 4.01. The highest BCUT2D eigenvalue weighted by Gasteiger charge is 2.18. The summed E-state index contributed by atoms with van der Waals surface area (Å²) >= 11 is 1.73. The van der Waals surface area contributed by atoms with Gasteiger partial charge in [-0.1, -0.05) is 60.3 Å². The molecule has 0 atom stereocenters. The fourth-order valence-electron chi connectivity index (χ4n) is 4.01. The van der Waals surface area contributed by atoms with Gasteiger partial charge in [0.2, 0.25) is 5.91 Å². The molecule has 1 saturated heterocycles. The van der Waals surface area contributed by atoms with Crippen molar-refractivity contribution < 1.29 is 4.79 Å². The molecule has 0 unspecified atom stereocenters. The van der Waals surface area contributed by atoms with Crippen LogP contribution in [0.4, 0.5) is 0 Å². The lowest BCUT2D eigenvalue weighted by Gasteiger charge is -2.15. The van der Waals surface area contributed by atoms with Crippen LogP contribution in [0.25, 0.3) is 5.69 Å². The number of para-hydroxylation sites is 1. The molecule has 0 spiro atoms. The van der Waals surface area contributed by atoms with Crippen molar-refractivity contribution in [3.05, 3.63) is 71.5 Å². The quantitative estimate of drug-likeness (QED) is 0.349. The molecule has 0 radical (unpaired) electrons. The van der Waals surface area contributed by atoms with Crippen molar-refractivity contribution in [3.63, 3.8) is 0 Å². The van der Waals surface area contributed by atoms with Crippen LogP contribution in [0.5, 0.6) is 0 Å². The fourth-order valence-corrected chi connectivity index (χ4v) is 4.97. The van der Waals surface area contributed by atoms with Crippen LogP contribution in [-0.2, 0) is 11.2 Å². The van der Waals surface area contributed by atoms with E-state index in [-0.39, 0.29) is 0 Å². The molecule has 1 aliphatic rings. The molecule has 1 aromatic heterocycles. The first-order chi connectivity index (χ1) is 15.2. The van der Waals surface area contributed by atoms with Gasteiger partial charge in [0.15, 0.2) is 5.16 Å². The third-order valence-electron chi connectivity index (χ3n) is 5.74. The van der Waals surface area contributed by atoms with Crippen LogP contribution < -0.4 is 0 Å². The number of hydrogen-bond donors (Lipinski definition) is 0. The van der Waals surface area contributed by atoms with Gasteiger partial charge < -0.3 is 4.90 Å². The lowest BCUT2D eigenvalue weighted by Crippen LogP contribution is -2.27. The van der Waals surface area contributed by atoms with Crippen LogP contribution in [0.15, 0.2) is 59.8 Å². The first-order valence-electron chi connectivity index (χ1n) is 11.2. The highest BCUT2D eigenvalue weighted by molar-refractivity contribution is 7.99. The van der Waals surface area contributed by atoms with Crippen LogP contribution in [0.2, 0.25) is 0 Å². The highest BCUT2D eigenvalue weighted by Crippen LogP contribution is 2.26. The van der Waals surface area contributed by atoms with Gasteiger partial charge >= 0.3 is 0 Å². The number of nitrogens with zero attached hydrogens (tertiary/aromatic N) is 4. The molecule has 0 aliphatic carbocycles. The van der Waals surface area contributed by atoms with Crippen LogP contribution in [0, 0.1) is 6.92 Å². The zero-order chi connectivity index (χ0) is 21.5. The molecule has 5 nitrogen and oxygen atoms in total. The first kappa shape index (κ1) is 21.6. The van der Waals surface area contributed by atoms with Crippen molar-refractivity contribution in [1.29, 1.82) is 0 Å². The van der Waals surface area contributed by atoms with Crippen molar-refractivity contribution >= 4 is 17.7 Å². The second kappa shape index (κ2) is 10.6. The lowest BCUT2D eigenvalue weighted by atomic mass is 10.1. The van der Waals surface area contributed by atoms with E-state index in [1.807, 2.05) is 11.0 Å². The molecule has 4 rings (SSSR count). The largest absolute Gasteiger partial charge is 0.343 e. The number of rotatable bonds is 9. The maximum Gasteiger partial charge on any atom is 0.222 e. The molecule has 1 amide bonds. The highest BCUT2D eigenvalue weighted by atomic mass is 32.2. The van der Waals surface area contributed by atoms with Crippen molar-refractivity contribution in [2.24, 2.45) is 0 Å². The number of aromatic nitrogens is 3. The number of unbranched alkanes of at least 4 members (excludes halogenated alkanes) is 1. The molecule has 0 saturated carbocycles. The van der Waals surface area contributed by atoms with Crippen LogP contribution in [0.1, 0.15) is 49.1 Å². The normalized spacial score (nSPS) is 13.6. The van der Waals surface area contributed by atoms with Gasteiger partial charge in [-0.25, -0.2) is 0 Å². The first-order valence-corrected chi connectivity index (χ1v) is 12.2. The standard InChI is InChI=1S/C25H30N4OS/c1-20-11-5-6-14-22(20)29-23(19-21-12-3-2-4-13-21)26-27-25(29)31-18-10-7-15-24(30)28-16-8-9-17-28/h2-6,11-14H,7-10,15-19H2,1H3. The summed E-state index contributed by atoms with van der Waals surface area (Å²) in [6, 6.07) is 18.8. The number of thioether (sulfide) groups is 1. The predicted octanol–water partition coefficient (Wildman–Crippen LogP) is 5.05. The summed E-state index contributed by atoms with van der Waals surface area (Å²) < 4.78 is 2.20. The summed E-state index contributed by atoms with van der Waals surface area (Å²) in [5.74, 6) is 2.20. The Bertz CT molecular complexity index is 996. The van der Waals surface area contributed by atoms with Crippen molar-refractivity contribution in [2.75, 3.05) is 18.8 Å². The average Bonchev–Trinajstić information content (AvgIpc) is 3.45. The summed E-state index contributed by atoms with van der Waals surface area (Å²) in [7, 11) is 0. The smallest absolute Gasteiger partial charge is 0.222 e. The zero-order valence-electron chi connectivity index (χ0n) is 18.2. The third kappa shape index (κ3) is 5.56. The number of carbonyl (C=O) groups excluding carboxylic acids is 1. The minimum absolute atomic E-state index is 0.315. The van der Waals surface area contributed by atoms with Gasteiger partial charge in [-0.15, -0.1) is 10.2 Å². The van der Waals surface area contributed by atoms with E-state index in [0.29, 0.717) is 12.3 Å². The Labute approximate surface area is 188 Å². The molecule has 3 aromatic rings. The van der Waals surface area contributed by atoms with Gasteiger partial charge in [-0.05, 0) is 49.8 Å². The zero-order valence-corrected chi connectivity index (χ0v) is 19.0. The van der Waals surface area contributed by atoms with E-state index in [1.165, 1.54) is 11.1 Å². The maximum absolute atomic E-state index is 12.2. The van der Waals surface area contributed by atoms with Gasteiger partial charge in [0.05, 0.1) is 5.69 Å². The van der Waals surface area contributed by atoms with E-state index >= 15 is 0 Å². The fraction of sp³-hybridized carbons (Fsp3) is 0.400. The molecule has 0 N–H and O–H groups in total. The Hall–Kier alpha value is -2.60. The van der Waals surface area contributed by atoms with Gasteiger partial charge in [-0.2, -0.15) is 0 Å². The van der Waals surface area contributed by atoms with Crippen molar-refractivity contribution in [1.82, 2.24) is 19.7 Å². The van der Waals surface area contributed by atoms with Gasteiger partial charge in [0.1, 0.15) is 5.82 Å². The Balaban J connectivity index is 1.42. The summed E-state index contributed by atoms with van der Waals surface area (Å²) in [6.07, 6.45) is 5.64. The van der Waals surface area contributed by atoms with Gasteiger partial charge in [0.25, 0.3) is 0 Å². The van der Waals surface area contributed by atoms with E-state index in [9.17, 15) is 4.79 Å². The number of aryl methyl sites for hydroxylation is 1. The Morgan fingerprint density at radius 1 is 0.968 bits per heavy atom. The molecule has 1 aliphatic heterocycles. The van der Waals surface area contributed by atoms with E-state index in [1.54, 1.807) is 11.8 Å². The molecular weight excluding hydrogens is 404 g/mol. The molecular formula is C25H30N4OS. The molecule has 2 aromatic carbocycles. The molecule has 1 fully saturated rings. The average molecular weight is 435 g/mol. The molecule has 2 heterocycles. The van der Waals surface area contributed by atoms with Gasteiger partial charge in [0, 0.05) is 31.7 Å². The summed E-state index contributed by atoms with van der Waals surface area (Å²) in [4.78, 5) is 14.2. The lowest BCUT2D eigenvalue weighted by molar-refractivity contribution is -0.130. The van der Waals surface area contributed by atoms with E-state index in [4.69, 9.17) is 0 Å². The topological polar surface area (TPSA) is 51.0 Å². The van der Waals surface area contributed by atoms with Gasteiger partial charge in [-0.3, -0.25) is 9.36 Å². The SMILES string of the molecule is Cc1ccccc1-n1c(Cc2ccccc2)nnc1SCCCCC(=O)N1CCCC1. The van der Waals surface area contributed by atoms with Crippen LogP contribution in [-0.4, -0.2) is 44.4 Å². The summed E-state index contributed by atoms with van der Waals surface area (Å²) in [5.41, 5.74) is 3.56. The second-order valence-electron chi connectivity index (χ2n) is 8.08. The molecule has 31 heavy (non-hydrogen) atoms. The number of hydrogen-bond acceptors (Lipinski definition) is 4. The Morgan fingerprint density at radius 2 is 1.71 bits per heavy atom. The number of likely N-dealkylation sites (tertiary alicyclic amines) is 1. The minimum atomic E-state index is 0.315. The third-order valence-corrected chi connectivity index (χ3v) is 6.75. The summed E-state index contributed by atoms with van der Waals surface area (Å²) in [5, 5.41) is 9.99. The second-order valence-corrected chi connectivity index (χ2v) is 9.14. The Morgan fingerprint density at radius 3 is 2.48 bits per heavy atom. The van der Waals surface area contributed by atoms with Crippen molar-refractivity contribution in [3.8, 4) is 5.69 Å². The van der Waals surface area contributed by atoms with E-state index < -0.39 is 0 Å². The van der Waals surface area contributed by atoms with Crippen molar-refractivity contribution in [2.45, 2.75) is 50.6 Å². The molecule has 162 valence electrons. The predicted molar refractivity (Wildman–Crippen MR) is 126 cm³/mol. The minimum Gasteiger partial charge on any atom is -0.343 e. The number of carbonyl (C=O) groups is 1. The monoisotopic (exact) mass is 434 g/mol. The molecule has 0 bridgehead atoms. The van der Waals surface area contributed by atoms with Crippen LogP contribution >= 0.6 is 11.8 Å². The van der Waals surface area contributed by atoms with E-state index in [0.717, 1.165) is 67.6 Å². The number of benzene rings is 2. The Kier molecular flexibility index (Phi) is 7.41. The molecule has 6 heteroatoms. The number of amides is 1. The maximum atomic E-state index is 12.2. The van der Waals surface area contributed by atoms with Crippen LogP contribution in [0.3, 0.4) is 0 Å². The van der Waals surface area contributed by atoms with E-state index in [2.05, 4.69) is 70.2 Å².